The quantitative estimate of drug-likeness (QED) is 0.506. The van der Waals surface area contributed by atoms with Crippen LogP contribution in [0.25, 0.3) is 0 Å². The van der Waals surface area contributed by atoms with Gasteiger partial charge in [0, 0.05) is 19.3 Å². The molecule has 0 amide bonds. The molecule has 0 aliphatic heterocycles. The molecule has 0 aliphatic carbocycles. The summed E-state index contributed by atoms with van der Waals surface area (Å²) < 4.78 is 5.05. The molecule has 0 spiro atoms. The minimum atomic E-state index is 0.328. The van der Waals surface area contributed by atoms with E-state index in [1.165, 1.54) is 58.0 Å². The van der Waals surface area contributed by atoms with Gasteiger partial charge in [0.25, 0.3) is 0 Å². The van der Waals surface area contributed by atoms with E-state index < -0.39 is 0 Å². The maximum atomic E-state index is 5.05. The number of hydrogen-bond donors (Lipinski definition) is 0. The molecule has 0 saturated carbocycles. The van der Waals surface area contributed by atoms with Crippen molar-refractivity contribution < 1.29 is 4.74 Å². The fourth-order valence-corrected chi connectivity index (χ4v) is 2.40. The van der Waals surface area contributed by atoms with Crippen LogP contribution in [0.1, 0.15) is 72.6 Å². The number of hydrogen-bond acceptors (Lipinski definition) is 2. The first kappa shape index (κ1) is 17.9. The normalized spacial score (nSPS) is 12.3. The monoisotopic (exact) mass is 257 g/mol. The van der Waals surface area contributed by atoms with Crippen LogP contribution in [-0.2, 0) is 4.74 Å². The van der Waals surface area contributed by atoms with Crippen molar-refractivity contribution in [2.24, 2.45) is 0 Å². The topological polar surface area (TPSA) is 12.5 Å². The Morgan fingerprint density at radius 2 is 1.33 bits per heavy atom. The first-order valence-electron chi connectivity index (χ1n) is 7.76. The lowest BCUT2D eigenvalue weighted by atomic mass is 10.0. The molecule has 18 heavy (non-hydrogen) atoms. The van der Waals surface area contributed by atoms with Gasteiger partial charge in [0.1, 0.15) is 0 Å². The minimum absolute atomic E-state index is 0.328. The molecule has 2 nitrogen and oxygen atoms in total. The highest BCUT2D eigenvalue weighted by atomic mass is 16.5. The second-order valence-electron chi connectivity index (χ2n) is 6.22. The fourth-order valence-electron chi connectivity index (χ4n) is 2.40. The summed E-state index contributed by atoms with van der Waals surface area (Å²) in [6.07, 6.45) is 9.46. The van der Waals surface area contributed by atoms with Crippen LogP contribution in [0.2, 0.25) is 0 Å². The highest BCUT2D eigenvalue weighted by Gasteiger charge is 2.18. The van der Waals surface area contributed by atoms with Crippen LogP contribution in [0.4, 0.5) is 0 Å². The van der Waals surface area contributed by atoms with Gasteiger partial charge in [0.2, 0.25) is 0 Å². The summed E-state index contributed by atoms with van der Waals surface area (Å²) in [5.74, 6) is 0. The predicted molar refractivity (Wildman–Crippen MR) is 81.2 cm³/mol. The van der Waals surface area contributed by atoms with Crippen molar-refractivity contribution in [1.29, 1.82) is 0 Å². The fraction of sp³-hybridized carbons (Fsp3) is 1.00. The Bertz CT molecular complexity index is 174. The summed E-state index contributed by atoms with van der Waals surface area (Å²) in [4.78, 5) is 2.57. The third-order valence-electron chi connectivity index (χ3n) is 3.61. The number of methoxy groups -OCH3 is 1. The molecule has 0 bridgehead atoms. The van der Waals surface area contributed by atoms with Crippen LogP contribution in [-0.4, -0.2) is 37.2 Å². The van der Waals surface area contributed by atoms with Crippen LogP contribution >= 0.6 is 0 Å². The third kappa shape index (κ3) is 9.90. The Morgan fingerprint density at radius 3 is 1.78 bits per heavy atom. The zero-order valence-electron chi connectivity index (χ0n) is 13.4. The van der Waals surface area contributed by atoms with Gasteiger partial charge >= 0.3 is 0 Å². The molecule has 0 atom stereocenters. The summed E-state index contributed by atoms with van der Waals surface area (Å²) in [5, 5.41) is 0. The molecule has 0 aromatic rings. The van der Waals surface area contributed by atoms with E-state index in [-0.39, 0.29) is 0 Å². The molecule has 0 aromatic carbocycles. The molecule has 0 radical (unpaired) electrons. The van der Waals surface area contributed by atoms with Gasteiger partial charge in [-0.05, 0) is 46.7 Å². The van der Waals surface area contributed by atoms with Gasteiger partial charge in [0.15, 0.2) is 0 Å². The number of nitrogens with zero attached hydrogens (tertiary/aromatic N) is 1. The van der Waals surface area contributed by atoms with E-state index in [1.807, 2.05) is 0 Å². The minimum Gasteiger partial charge on any atom is -0.385 e. The zero-order valence-corrected chi connectivity index (χ0v) is 13.4. The van der Waals surface area contributed by atoms with Crippen LogP contribution in [0.15, 0.2) is 0 Å². The third-order valence-corrected chi connectivity index (χ3v) is 3.61. The standard InChI is InChI=1S/C16H35NO/c1-6-17(16(2,3)4)14-12-10-8-7-9-11-13-15-18-5/h6-15H2,1-5H3. The maximum Gasteiger partial charge on any atom is 0.0462 e. The summed E-state index contributed by atoms with van der Waals surface area (Å²) in [6, 6.07) is 0. The van der Waals surface area contributed by atoms with Crippen molar-refractivity contribution >= 4 is 0 Å². The molecule has 0 aromatic heterocycles. The summed E-state index contributed by atoms with van der Waals surface area (Å²) in [7, 11) is 1.79. The van der Waals surface area contributed by atoms with Crippen LogP contribution in [0.3, 0.4) is 0 Å². The lowest BCUT2D eigenvalue weighted by molar-refractivity contribution is 0.141. The highest BCUT2D eigenvalue weighted by molar-refractivity contribution is 4.74. The Labute approximate surface area is 115 Å². The van der Waals surface area contributed by atoms with Crippen LogP contribution in [0.5, 0.6) is 0 Å². The number of rotatable bonds is 11. The molecular weight excluding hydrogens is 222 g/mol. The Hall–Kier alpha value is -0.0800. The van der Waals surface area contributed by atoms with E-state index in [4.69, 9.17) is 4.74 Å². The second-order valence-corrected chi connectivity index (χ2v) is 6.22. The number of unbranched alkanes of at least 4 members (excludes halogenated alkanes) is 6. The van der Waals surface area contributed by atoms with Crippen molar-refractivity contribution in [3.63, 3.8) is 0 Å². The van der Waals surface area contributed by atoms with E-state index in [0.29, 0.717) is 5.54 Å². The molecule has 110 valence electrons. The average Bonchev–Trinajstić information content (AvgIpc) is 2.30. The van der Waals surface area contributed by atoms with Gasteiger partial charge in [-0.15, -0.1) is 0 Å². The average molecular weight is 257 g/mol. The smallest absolute Gasteiger partial charge is 0.0462 e. The van der Waals surface area contributed by atoms with Gasteiger partial charge in [-0.2, -0.15) is 0 Å². The Balaban J connectivity index is 3.34. The van der Waals surface area contributed by atoms with Crippen LogP contribution in [0, 0.1) is 0 Å². The summed E-state index contributed by atoms with van der Waals surface area (Å²) in [5.41, 5.74) is 0.328. The highest BCUT2D eigenvalue weighted by Crippen LogP contribution is 2.14. The molecule has 2 heteroatoms. The molecule has 0 unspecified atom stereocenters. The van der Waals surface area contributed by atoms with E-state index in [9.17, 15) is 0 Å². The molecule has 0 fully saturated rings. The lowest BCUT2D eigenvalue weighted by Crippen LogP contribution is -2.41. The first-order chi connectivity index (χ1) is 8.52. The zero-order chi connectivity index (χ0) is 13.9. The lowest BCUT2D eigenvalue weighted by Gasteiger charge is -2.34. The molecular formula is C16H35NO. The van der Waals surface area contributed by atoms with Gasteiger partial charge in [0.05, 0.1) is 0 Å². The van der Waals surface area contributed by atoms with Crippen molar-refractivity contribution in [3.8, 4) is 0 Å². The first-order valence-corrected chi connectivity index (χ1v) is 7.76. The second kappa shape index (κ2) is 10.8. The van der Waals surface area contributed by atoms with Crippen molar-refractivity contribution in [2.45, 2.75) is 78.2 Å². The maximum absolute atomic E-state index is 5.05. The summed E-state index contributed by atoms with van der Waals surface area (Å²) in [6.45, 7) is 12.5. The molecule has 0 heterocycles. The molecule has 0 aliphatic rings. The Kier molecular flexibility index (Phi) is 10.8. The van der Waals surface area contributed by atoms with Crippen LogP contribution < -0.4 is 0 Å². The SMILES string of the molecule is CCN(CCCCCCCCCOC)C(C)(C)C. The van der Waals surface area contributed by atoms with E-state index in [0.717, 1.165) is 6.61 Å². The molecule has 0 rings (SSSR count). The Morgan fingerprint density at radius 1 is 0.833 bits per heavy atom. The van der Waals surface area contributed by atoms with Gasteiger partial charge in [-0.25, -0.2) is 0 Å². The van der Waals surface area contributed by atoms with Crippen molar-refractivity contribution in [2.75, 3.05) is 26.8 Å². The van der Waals surface area contributed by atoms with E-state index in [2.05, 4.69) is 32.6 Å². The molecule has 0 N–H and O–H groups in total. The van der Waals surface area contributed by atoms with Gasteiger partial charge in [-0.3, -0.25) is 4.90 Å². The largest absolute Gasteiger partial charge is 0.385 e. The van der Waals surface area contributed by atoms with Gasteiger partial charge < -0.3 is 4.74 Å². The van der Waals surface area contributed by atoms with Gasteiger partial charge in [-0.1, -0.05) is 39.0 Å². The summed E-state index contributed by atoms with van der Waals surface area (Å²) >= 11 is 0. The number of ether oxygens (including phenoxy) is 1. The predicted octanol–water partition coefficient (Wildman–Crippen LogP) is 4.48. The van der Waals surface area contributed by atoms with E-state index in [1.54, 1.807) is 7.11 Å². The van der Waals surface area contributed by atoms with Crippen molar-refractivity contribution in [1.82, 2.24) is 4.90 Å². The molecule has 0 saturated heterocycles. The van der Waals surface area contributed by atoms with E-state index >= 15 is 0 Å². The van der Waals surface area contributed by atoms with Crippen molar-refractivity contribution in [3.05, 3.63) is 0 Å².